The fourth-order valence-electron chi connectivity index (χ4n) is 2.72. The van der Waals surface area contributed by atoms with Crippen LogP contribution >= 0.6 is 0 Å². The molecule has 21 heavy (non-hydrogen) atoms. The second-order valence-electron chi connectivity index (χ2n) is 5.12. The Balaban J connectivity index is 1.97. The number of anilines is 1. The fourth-order valence-corrected chi connectivity index (χ4v) is 2.72. The summed E-state index contributed by atoms with van der Waals surface area (Å²) in [6.07, 6.45) is 7.28. The van der Waals surface area contributed by atoms with Crippen molar-refractivity contribution in [2.24, 2.45) is 4.99 Å². The first-order chi connectivity index (χ1) is 10.3. The van der Waals surface area contributed by atoms with Gasteiger partial charge in [0.15, 0.2) is 5.65 Å². The molecule has 0 bridgehead atoms. The molecule has 0 aromatic carbocycles. The van der Waals surface area contributed by atoms with Crippen molar-refractivity contribution >= 4 is 22.7 Å². The van der Waals surface area contributed by atoms with Crippen molar-refractivity contribution in [2.75, 3.05) is 26.0 Å². The summed E-state index contributed by atoms with van der Waals surface area (Å²) in [6, 6.07) is 0. The lowest BCUT2D eigenvalue weighted by atomic mass is 10.1. The van der Waals surface area contributed by atoms with Crippen molar-refractivity contribution in [3.05, 3.63) is 18.1 Å². The lowest BCUT2D eigenvalue weighted by molar-refractivity contribution is 0.382. The maximum atomic E-state index is 4.44. The molecule has 3 rings (SSSR count). The van der Waals surface area contributed by atoms with Gasteiger partial charge in [-0.15, -0.1) is 0 Å². The monoisotopic (exact) mass is 287 g/mol. The van der Waals surface area contributed by atoms with E-state index in [-0.39, 0.29) is 6.17 Å². The molecule has 3 heterocycles. The topological polar surface area (TPSA) is 90.0 Å². The molecule has 1 atom stereocenters. The quantitative estimate of drug-likeness (QED) is 0.501. The van der Waals surface area contributed by atoms with Gasteiger partial charge in [0.25, 0.3) is 0 Å². The van der Waals surface area contributed by atoms with Gasteiger partial charge < -0.3 is 15.6 Å². The molecule has 1 saturated heterocycles. The van der Waals surface area contributed by atoms with Gasteiger partial charge in [0.05, 0.1) is 35.5 Å². The molecule has 1 aliphatic rings. The van der Waals surface area contributed by atoms with Crippen molar-refractivity contribution in [3.63, 3.8) is 0 Å². The maximum Gasteiger partial charge on any atom is 0.178 e. The number of hydrogen-bond acceptors (Lipinski definition) is 5. The lowest BCUT2D eigenvalue weighted by Crippen LogP contribution is -2.48. The Bertz CT molecular complexity index is 640. The van der Waals surface area contributed by atoms with E-state index in [9.17, 15) is 0 Å². The molecule has 1 aliphatic heterocycles. The average molecular weight is 287 g/mol. The molecular formula is C14H21N7. The molecule has 0 spiro atoms. The molecule has 112 valence electrons. The second kappa shape index (κ2) is 6.09. The van der Waals surface area contributed by atoms with Crippen LogP contribution in [0, 0.1) is 0 Å². The van der Waals surface area contributed by atoms with Crippen molar-refractivity contribution in [1.29, 1.82) is 0 Å². The lowest BCUT2D eigenvalue weighted by Gasteiger charge is -2.26. The van der Waals surface area contributed by atoms with Gasteiger partial charge in [-0.3, -0.25) is 10.3 Å². The standard InChI is InChI=1S/C14H21N7/c1-15-9-7-18-14-12(19-8-20-14)11(9)13(16-2)21-10-5-3-4-6-17-10/h7-8,10,15,17H,3-6H2,1-2H3,(H,16,21)(H,18,19,20). The van der Waals surface area contributed by atoms with Crippen LogP contribution in [0.2, 0.25) is 0 Å². The van der Waals surface area contributed by atoms with E-state index in [1.165, 1.54) is 12.8 Å². The van der Waals surface area contributed by atoms with Gasteiger partial charge in [-0.1, -0.05) is 0 Å². The van der Waals surface area contributed by atoms with Crippen LogP contribution in [0.25, 0.3) is 11.2 Å². The van der Waals surface area contributed by atoms with Crippen molar-refractivity contribution in [1.82, 2.24) is 25.6 Å². The highest BCUT2D eigenvalue weighted by atomic mass is 15.2. The Hall–Kier alpha value is -2.15. The molecule has 2 aromatic heterocycles. The van der Waals surface area contributed by atoms with E-state index in [1.807, 2.05) is 7.05 Å². The zero-order chi connectivity index (χ0) is 14.7. The Morgan fingerprint density at radius 2 is 2.29 bits per heavy atom. The summed E-state index contributed by atoms with van der Waals surface area (Å²) in [5.41, 5.74) is 3.50. The summed E-state index contributed by atoms with van der Waals surface area (Å²) in [5, 5.41) is 10.2. The van der Waals surface area contributed by atoms with E-state index < -0.39 is 0 Å². The first kappa shape index (κ1) is 13.8. The minimum atomic E-state index is 0.258. The maximum absolute atomic E-state index is 4.44. The minimum Gasteiger partial charge on any atom is -0.386 e. The number of aliphatic imine (C=N–C) groups is 1. The fraction of sp³-hybridized carbons (Fsp3) is 0.500. The number of fused-ring (bicyclic) bond motifs is 1. The van der Waals surface area contributed by atoms with Crippen molar-refractivity contribution in [3.8, 4) is 0 Å². The average Bonchev–Trinajstić information content (AvgIpc) is 3.01. The summed E-state index contributed by atoms with van der Waals surface area (Å²) >= 11 is 0. The molecule has 1 unspecified atom stereocenters. The number of rotatable bonds is 3. The van der Waals surface area contributed by atoms with Gasteiger partial charge in [-0.25, -0.2) is 9.97 Å². The summed E-state index contributed by atoms with van der Waals surface area (Å²) in [4.78, 5) is 16.2. The van der Waals surface area contributed by atoms with Crippen LogP contribution in [0.3, 0.4) is 0 Å². The Morgan fingerprint density at radius 3 is 3.00 bits per heavy atom. The van der Waals surface area contributed by atoms with Crippen LogP contribution < -0.4 is 16.0 Å². The van der Waals surface area contributed by atoms with Crippen LogP contribution in [0.1, 0.15) is 24.8 Å². The molecule has 2 aromatic rings. The molecular weight excluding hydrogens is 266 g/mol. The summed E-state index contributed by atoms with van der Waals surface area (Å²) in [6.45, 7) is 1.04. The van der Waals surface area contributed by atoms with Crippen LogP contribution in [0.4, 0.5) is 5.69 Å². The van der Waals surface area contributed by atoms with Crippen LogP contribution in [-0.4, -0.2) is 47.6 Å². The van der Waals surface area contributed by atoms with Gasteiger partial charge in [0, 0.05) is 14.1 Å². The third kappa shape index (κ3) is 2.69. The number of piperidine rings is 1. The van der Waals surface area contributed by atoms with Gasteiger partial charge >= 0.3 is 0 Å². The molecule has 0 aliphatic carbocycles. The van der Waals surface area contributed by atoms with Crippen molar-refractivity contribution in [2.45, 2.75) is 25.4 Å². The van der Waals surface area contributed by atoms with Gasteiger partial charge in [-0.2, -0.15) is 0 Å². The first-order valence-electron chi connectivity index (χ1n) is 7.30. The summed E-state index contributed by atoms with van der Waals surface area (Å²) < 4.78 is 0. The van der Waals surface area contributed by atoms with E-state index in [2.05, 4.69) is 35.9 Å². The highest BCUT2D eigenvalue weighted by Gasteiger charge is 2.19. The van der Waals surface area contributed by atoms with Crippen LogP contribution in [-0.2, 0) is 0 Å². The van der Waals surface area contributed by atoms with Crippen LogP contribution in [0.15, 0.2) is 17.5 Å². The molecule has 7 nitrogen and oxygen atoms in total. The highest BCUT2D eigenvalue weighted by molar-refractivity contribution is 6.11. The Labute approximate surface area is 123 Å². The molecule has 4 N–H and O–H groups in total. The number of amidine groups is 1. The van der Waals surface area contributed by atoms with E-state index in [0.29, 0.717) is 5.65 Å². The number of hydrogen-bond donors (Lipinski definition) is 4. The number of aromatic amines is 1. The number of nitrogens with one attached hydrogen (secondary N) is 4. The molecule has 0 saturated carbocycles. The summed E-state index contributed by atoms with van der Waals surface area (Å²) in [7, 11) is 3.68. The summed E-state index contributed by atoms with van der Waals surface area (Å²) in [5.74, 6) is 0.843. The van der Waals surface area contributed by atoms with E-state index in [0.717, 1.165) is 35.6 Å². The van der Waals surface area contributed by atoms with Gasteiger partial charge in [-0.05, 0) is 25.8 Å². The second-order valence-corrected chi connectivity index (χ2v) is 5.12. The number of pyridine rings is 1. The SMILES string of the molecule is CN=C(NC1CCCCN1)c1c(NC)cnc2nc[nH]c12. The van der Waals surface area contributed by atoms with Gasteiger partial charge in [0.2, 0.25) is 0 Å². The zero-order valence-corrected chi connectivity index (χ0v) is 12.4. The molecule has 0 amide bonds. The van der Waals surface area contributed by atoms with E-state index >= 15 is 0 Å². The molecule has 7 heteroatoms. The highest BCUT2D eigenvalue weighted by Crippen LogP contribution is 2.22. The normalized spacial score (nSPS) is 19.7. The third-order valence-electron chi connectivity index (χ3n) is 3.81. The van der Waals surface area contributed by atoms with E-state index in [1.54, 1.807) is 19.6 Å². The Kier molecular flexibility index (Phi) is 4.01. The number of aromatic nitrogens is 3. The molecule has 1 fully saturated rings. The Morgan fingerprint density at radius 1 is 1.38 bits per heavy atom. The predicted octanol–water partition coefficient (Wildman–Crippen LogP) is 1.07. The zero-order valence-electron chi connectivity index (χ0n) is 12.4. The third-order valence-corrected chi connectivity index (χ3v) is 3.81. The number of imidazole rings is 1. The largest absolute Gasteiger partial charge is 0.386 e. The van der Waals surface area contributed by atoms with Crippen LogP contribution in [0.5, 0.6) is 0 Å². The molecule has 0 radical (unpaired) electrons. The number of H-pyrrole nitrogens is 1. The predicted molar refractivity (Wildman–Crippen MR) is 84.7 cm³/mol. The first-order valence-corrected chi connectivity index (χ1v) is 7.30. The number of nitrogens with zero attached hydrogens (tertiary/aromatic N) is 3. The van der Waals surface area contributed by atoms with E-state index in [4.69, 9.17) is 0 Å². The minimum absolute atomic E-state index is 0.258. The smallest absolute Gasteiger partial charge is 0.178 e. The van der Waals surface area contributed by atoms with Gasteiger partial charge in [0.1, 0.15) is 5.84 Å². The van der Waals surface area contributed by atoms with Crippen molar-refractivity contribution < 1.29 is 0 Å².